The Balaban J connectivity index is 3.51. The van der Waals surface area contributed by atoms with E-state index in [9.17, 15) is 13.3 Å². The molecule has 1 aromatic rings. The molecule has 0 fully saturated rings. The quantitative estimate of drug-likeness (QED) is 0.823. The van der Waals surface area contributed by atoms with Crippen LogP contribution in [0.2, 0.25) is 0 Å². The Morgan fingerprint density at radius 3 is 2.25 bits per heavy atom. The van der Waals surface area contributed by atoms with Gasteiger partial charge in [-0.05, 0) is 41.4 Å². The van der Waals surface area contributed by atoms with E-state index in [4.69, 9.17) is 9.79 Å². The number of hydrogen-bond donors (Lipinski definition) is 2. The zero-order chi connectivity index (χ0) is 12.7. The van der Waals surface area contributed by atoms with Gasteiger partial charge in [-0.25, -0.2) is 0 Å². The van der Waals surface area contributed by atoms with E-state index >= 15 is 0 Å². The van der Waals surface area contributed by atoms with Crippen LogP contribution >= 0.6 is 23.5 Å². The fourth-order valence-electron chi connectivity index (χ4n) is 1.33. The molecule has 2 N–H and O–H groups in total. The molecule has 0 aliphatic rings. The van der Waals surface area contributed by atoms with Gasteiger partial charge in [-0.1, -0.05) is 11.6 Å². The zero-order valence-corrected chi connectivity index (χ0v) is 11.0. The van der Waals surface area contributed by atoms with Crippen molar-refractivity contribution in [2.45, 2.75) is 19.5 Å². The van der Waals surface area contributed by atoms with E-state index < -0.39 is 18.8 Å². The predicted molar refractivity (Wildman–Crippen MR) is 59.6 cm³/mol. The maximum Gasteiger partial charge on any atom is 0.399 e. The zero-order valence-electron chi connectivity index (χ0n) is 8.54. The van der Waals surface area contributed by atoms with E-state index in [0.29, 0.717) is 11.1 Å². The predicted octanol–water partition coefficient (Wildman–Crippen LogP) is 3.29. The highest BCUT2D eigenvalue weighted by molar-refractivity contribution is 9.10. The first-order valence-electron chi connectivity index (χ1n) is 4.28. The van der Waals surface area contributed by atoms with Gasteiger partial charge in [0, 0.05) is 10.0 Å². The first kappa shape index (κ1) is 13.8. The van der Waals surface area contributed by atoms with Gasteiger partial charge in [0.15, 0.2) is 0 Å². The van der Waals surface area contributed by atoms with E-state index in [1.807, 2.05) is 0 Å². The summed E-state index contributed by atoms with van der Waals surface area (Å²) in [5.74, 6) is 0. The van der Waals surface area contributed by atoms with E-state index in [1.54, 1.807) is 19.9 Å². The number of hydrogen-bond acceptors (Lipinski definition) is 1. The minimum atomic E-state index is -5.52. The van der Waals surface area contributed by atoms with Crippen LogP contribution in [0, 0.1) is 13.8 Å². The van der Waals surface area contributed by atoms with Crippen LogP contribution in [0.5, 0.6) is 0 Å². The van der Waals surface area contributed by atoms with Gasteiger partial charge in [0.25, 0.3) is 0 Å². The van der Waals surface area contributed by atoms with E-state index in [1.165, 1.54) is 0 Å². The Hall–Kier alpha value is -0.290. The summed E-state index contributed by atoms with van der Waals surface area (Å²) in [6, 6.07) is 2.71. The Morgan fingerprint density at radius 1 is 1.31 bits per heavy atom. The van der Waals surface area contributed by atoms with Crippen molar-refractivity contribution < 1.29 is 23.1 Å². The molecule has 16 heavy (non-hydrogen) atoms. The minimum Gasteiger partial charge on any atom is -0.320 e. The average molecular weight is 315 g/mol. The lowest BCUT2D eigenvalue weighted by Crippen LogP contribution is -2.15. The van der Waals surface area contributed by atoms with Gasteiger partial charge >= 0.3 is 13.3 Å². The second-order valence-electron chi connectivity index (χ2n) is 3.53. The number of benzene rings is 1. The molecule has 0 radical (unpaired) electrons. The van der Waals surface area contributed by atoms with Crippen molar-refractivity contribution in [3.8, 4) is 0 Å². The first-order chi connectivity index (χ1) is 7.07. The summed E-state index contributed by atoms with van der Waals surface area (Å²) in [5, 5.41) is 0. The summed E-state index contributed by atoms with van der Waals surface area (Å²) in [6.07, 6.45) is 0. The second kappa shape index (κ2) is 4.18. The third kappa shape index (κ3) is 2.35. The molecule has 0 atom stereocenters. The fraction of sp³-hybridized carbons (Fsp3) is 0.333. The number of aryl methyl sites for hydroxylation is 2. The smallest absolute Gasteiger partial charge is 0.320 e. The molecule has 0 heterocycles. The maximum absolute atomic E-state index is 13.5. The highest BCUT2D eigenvalue weighted by Gasteiger charge is 2.51. The van der Waals surface area contributed by atoms with Gasteiger partial charge in [-0.15, -0.1) is 0 Å². The molecule has 0 saturated heterocycles. The molecular formula is C9H10BrF2O3P. The van der Waals surface area contributed by atoms with Crippen molar-refractivity contribution in [3.05, 3.63) is 33.3 Å². The highest BCUT2D eigenvalue weighted by Crippen LogP contribution is 2.60. The molecule has 0 spiro atoms. The maximum atomic E-state index is 13.5. The Labute approximate surface area is 99.8 Å². The van der Waals surface area contributed by atoms with Crippen LogP contribution in [-0.4, -0.2) is 9.79 Å². The monoisotopic (exact) mass is 314 g/mol. The normalized spacial score (nSPS) is 12.9. The summed E-state index contributed by atoms with van der Waals surface area (Å²) < 4.78 is 37.8. The van der Waals surface area contributed by atoms with Crippen LogP contribution in [0.25, 0.3) is 0 Å². The van der Waals surface area contributed by atoms with Gasteiger partial charge < -0.3 is 9.79 Å². The molecule has 3 nitrogen and oxygen atoms in total. The molecular weight excluding hydrogens is 305 g/mol. The van der Waals surface area contributed by atoms with Crippen LogP contribution in [0.4, 0.5) is 8.78 Å². The van der Waals surface area contributed by atoms with Crippen molar-refractivity contribution in [1.82, 2.24) is 0 Å². The third-order valence-corrected chi connectivity index (χ3v) is 4.11. The average Bonchev–Trinajstić information content (AvgIpc) is 2.09. The van der Waals surface area contributed by atoms with Crippen LogP contribution in [0.1, 0.15) is 16.7 Å². The molecule has 0 aliphatic carbocycles. The lowest BCUT2D eigenvalue weighted by Gasteiger charge is -2.20. The topological polar surface area (TPSA) is 57.5 Å². The summed E-state index contributed by atoms with van der Waals surface area (Å²) >= 11 is 2.92. The number of alkyl halides is 2. The Bertz CT molecular complexity index is 470. The molecule has 1 aromatic carbocycles. The molecule has 0 unspecified atom stereocenters. The molecule has 90 valence electrons. The second-order valence-corrected chi connectivity index (χ2v) is 5.97. The summed E-state index contributed by atoms with van der Waals surface area (Å²) in [7, 11) is -5.52. The van der Waals surface area contributed by atoms with Crippen LogP contribution < -0.4 is 0 Å². The van der Waals surface area contributed by atoms with E-state index in [2.05, 4.69) is 15.9 Å². The highest BCUT2D eigenvalue weighted by atomic mass is 79.9. The number of rotatable bonds is 2. The van der Waals surface area contributed by atoms with Crippen LogP contribution in [-0.2, 0) is 10.2 Å². The van der Waals surface area contributed by atoms with Crippen molar-refractivity contribution >= 4 is 23.5 Å². The van der Waals surface area contributed by atoms with Gasteiger partial charge in [-0.3, -0.25) is 4.57 Å². The van der Waals surface area contributed by atoms with Crippen molar-refractivity contribution in [1.29, 1.82) is 0 Å². The molecule has 0 amide bonds. The first-order valence-corrected chi connectivity index (χ1v) is 6.68. The minimum absolute atomic E-state index is 0.0198. The SMILES string of the molecule is Cc1cc(C)c(Br)c(C(F)(F)P(=O)(O)O)c1. The van der Waals surface area contributed by atoms with E-state index in [0.717, 1.165) is 6.07 Å². The van der Waals surface area contributed by atoms with Gasteiger partial charge in [-0.2, -0.15) is 8.78 Å². The van der Waals surface area contributed by atoms with Crippen LogP contribution in [0.3, 0.4) is 0 Å². The number of halogens is 3. The van der Waals surface area contributed by atoms with Crippen molar-refractivity contribution in [2.75, 3.05) is 0 Å². The lowest BCUT2D eigenvalue weighted by atomic mass is 10.1. The summed E-state index contributed by atoms with van der Waals surface area (Å²) in [5.41, 5.74) is -3.84. The van der Waals surface area contributed by atoms with Gasteiger partial charge in [0.1, 0.15) is 0 Å². The molecule has 0 saturated carbocycles. The van der Waals surface area contributed by atoms with E-state index in [-0.39, 0.29) is 4.47 Å². The van der Waals surface area contributed by atoms with Crippen LogP contribution in [0.15, 0.2) is 16.6 Å². The van der Waals surface area contributed by atoms with Crippen molar-refractivity contribution in [3.63, 3.8) is 0 Å². The molecule has 0 aliphatic heterocycles. The summed E-state index contributed by atoms with van der Waals surface area (Å²) in [4.78, 5) is 17.3. The van der Waals surface area contributed by atoms with Gasteiger partial charge in [0.2, 0.25) is 0 Å². The largest absolute Gasteiger partial charge is 0.399 e. The standard InChI is InChI=1S/C9H10BrF2O3P/c1-5-3-6(2)8(10)7(4-5)9(11,12)16(13,14)15/h3-4H,1-2H3,(H2,13,14,15). The molecule has 0 bridgehead atoms. The summed E-state index contributed by atoms with van der Waals surface area (Å²) in [6.45, 7) is 3.16. The Morgan fingerprint density at radius 2 is 1.81 bits per heavy atom. The third-order valence-electron chi connectivity index (χ3n) is 2.09. The van der Waals surface area contributed by atoms with Gasteiger partial charge in [0.05, 0.1) is 0 Å². The molecule has 0 aromatic heterocycles. The Kier molecular flexibility index (Phi) is 3.60. The lowest BCUT2D eigenvalue weighted by molar-refractivity contribution is 0.0556. The van der Waals surface area contributed by atoms with Crippen molar-refractivity contribution in [2.24, 2.45) is 0 Å². The fourth-order valence-corrected chi connectivity index (χ4v) is 2.45. The molecule has 7 heteroatoms. The molecule has 1 rings (SSSR count).